The molecule has 0 aliphatic heterocycles. The summed E-state index contributed by atoms with van der Waals surface area (Å²) in [6.07, 6.45) is 0. The van der Waals surface area contributed by atoms with Crippen molar-refractivity contribution in [2.75, 3.05) is 5.94 Å². The molecule has 0 fully saturated rings. The third kappa shape index (κ3) is 1.95. The van der Waals surface area contributed by atoms with E-state index in [9.17, 15) is 0 Å². The Bertz CT molecular complexity index is 210. The van der Waals surface area contributed by atoms with E-state index >= 15 is 0 Å². The fraction of sp³-hybridized carbons (Fsp3) is 0.250. The predicted molar refractivity (Wildman–Crippen MR) is 45.7 cm³/mol. The number of rotatable bonds is 2. The predicted octanol–water partition coefficient (Wildman–Crippen LogP) is 2.26. The molecule has 2 heteroatoms. The molecule has 10 heavy (non-hydrogen) atoms. The highest BCUT2D eigenvalue weighted by Crippen LogP contribution is 2.11. The third-order valence-corrected chi connectivity index (χ3v) is 1.35. The molecule has 0 atom stereocenters. The lowest BCUT2D eigenvalue weighted by molar-refractivity contribution is 0.394. The molecule has 0 amide bonds. The summed E-state index contributed by atoms with van der Waals surface area (Å²) in [6.45, 7) is 2.03. The molecule has 0 N–H and O–H groups in total. The van der Waals surface area contributed by atoms with Gasteiger partial charge in [-0.2, -0.15) is 0 Å². The van der Waals surface area contributed by atoms with Gasteiger partial charge in [0.1, 0.15) is 11.7 Å². The number of aryl methyl sites for hydroxylation is 1. The summed E-state index contributed by atoms with van der Waals surface area (Å²) in [5.41, 5.74) is 1.21. The first-order valence-corrected chi connectivity index (χ1v) is 3.76. The smallest absolute Gasteiger partial charge is 0.131 e. The van der Waals surface area contributed by atoms with Gasteiger partial charge in [0.05, 0.1) is 0 Å². The second-order valence-electron chi connectivity index (χ2n) is 2.09. The van der Waals surface area contributed by atoms with Gasteiger partial charge in [0.25, 0.3) is 0 Å². The molecule has 1 nitrogen and oxygen atoms in total. The van der Waals surface area contributed by atoms with E-state index in [0.717, 1.165) is 5.75 Å². The van der Waals surface area contributed by atoms with Crippen molar-refractivity contribution in [3.63, 3.8) is 0 Å². The lowest BCUT2D eigenvalue weighted by atomic mass is 10.2. The first kappa shape index (κ1) is 7.48. The summed E-state index contributed by atoms with van der Waals surface area (Å²) in [4.78, 5) is 0. The first-order chi connectivity index (χ1) is 4.83. The highest BCUT2D eigenvalue weighted by molar-refractivity contribution is 7.80. The van der Waals surface area contributed by atoms with E-state index in [2.05, 4.69) is 12.6 Å². The molecule has 0 aliphatic carbocycles. The van der Waals surface area contributed by atoms with E-state index in [1.165, 1.54) is 5.56 Å². The van der Waals surface area contributed by atoms with Gasteiger partial charge < -0.3 is 4.74 Å². The zero-order valence-electron chi connectivity index (χ0n) is 5.87. The van der Waals surface area contributed by atoms with Crippen LogP contribution in [0.1, 0.15) is 5.56 Å². The topological polar surface area (TPSA) is 9.23 Å². The largest absolute Gasteiger partial charge is 0.483 e. The van der Waals surface area contributed by atoms with Gasteiger partial charge in [0, 0.05) is 0 Å². The van der Waals surface area contributed by atoms with Crippen LogP contribution in [0.25, 0.3) is 0 Å². The van der Waals surface area contributed by atoms with E-state index in [4.69, 9.17) is 4.74 Å². The molecule has 1 aromatic rings. The second kappa shape index (κ2) is 3.52. The molecule has 0 spiro atoms. The van der Waals surface area contributed by atoms with E-state index < -0.39 is 0 Å². The fourth-order valence-corrected chi connectivity index (χ4v) is 0.929. The van der Waals surface area contributed by atoms with Crippen LogP contribution < -0.4 is 4.74 Å². The fourth-order valence-electron chi connectivity index (χ4n) is 0.780. The lowest BCUT2D eigenvalue weighted by Crippen LogP contribution is -1.88. The summed E-state index contributed by atoms with van der Waals surface area (Å²) in [5, 5.41) is 0. The van der Waals surface area contributed by atoms with Crippen molar-refractivity contribution in [3.05, 3.63) is 29.8 Å². The highest BCUT2D eigenvalue weighted by Gasteiger charge is 1.89. The lowest BCUT2D eigenvalue weighted by Gasteiger charge is -2.01. The summed E-state index contributed by atoms with van der Waals surface area (Å²) < 4.78 is 5.15. The van der Waals surface area contributed by atoms with E-state index in [1.54, 1.807) is 0 Å². The van der Waals surface area contributed by atoms with Crippen LogP contribution in [0.4, 0.5) is 0 Å². The molecule has 0 saturated carbocycles. The van der Waals surface area contributed by atoms with Crippen molar-refractivity contribution in [1.82, 2.24) is 0 Å². The van der Waals surface area contributed by atoms with Gasteiger partial charge in [-0.05, 0) is 24.6 Å². The third-order valence-electron chi connectivity index (χ3n) is 1.22. The second-order valence-corrected chi connectivity index (χ2v) is 2.35. The monoisotopic (exact) mass is 154 g/mol. The van der Waals surface area contributed by atoms with Crippen LogP contribution in [0.2, 0.25) is 0 Å². The van der Waals surface area contributed by atoms with Crippen molar-refractivity contribution >= 4 is 12.6 Å². The molecule has 0 heterocycles. The molecule has 1 aromatic carbocycles. The van der Waals surface area contributed by atoms with Gasteiger partial charge >= 0.3 is 0 Å². The average molecular weight is 154 g/mol. The molecule has 0 aromatic heterocycles. The molecule has 0 aliphatic rings. The van der Waals surface area contributed by atoms with Crippen molar-refractivity contribution in [1.29, 1.82) is 0 Å². The molecular formula is C8H10OS. The molecule has 1 rings (SSSR count). The van der Waals surface area contributed by atoms with E-state index in [0.29, 0.717) is 5.94 Å². The van der Waals surface area contributed by atoms with Crippen LogP contribution in [0.15, 0.2) is 24.3 Å². The zero-order chi connectivity index (χ0) is 7.40. The minimum atomic E-state index is 0.434. The van der Waals surface area contributed by atoms with Crippen molar-refractivity contribution < 1.29 is 4.74 Å². The van der Waals surface area contributed by atoms with Gasteiger partial charge in [-0.25, -0.2) is 0 Å². The maximum atomic E-state index is 5.15. The molecule has 54 valence electrons. The van der Waals surface area contributed by atoms with Gasteiger partial charge in [0.15, 0.2) is 0 Å². The van der Waals surface area contributed by atoms with Crippen molar-refractivity contribution in [2.24, 2.45) is 0 Å². The van der Waals surface area contributed by atoms with Gasteiger partial charge in [-0.15, -0.1) is 12.6 Å². The minimum absolute atomic E-state index is 0.434. The number of thiol groups is 1. The summed E-state index contributed by atoms with van der Waals surface area (Å²) in [6, 6.07) is 7.90. The minimum Gasteiger partial charge on any atom is -0.483 e. The Labute approximate surface area is 66.4 Å². The SMILES string of the molecule is Cc1cccc(OCS)c1. The summed E-state index contributed by atoms with van der Waals surface area (Å²) in [5.74, 6) is 1.32. The van der Waals surface area contributed by atoms with Crippen LogP contribution in [-0.4, -0.2) is 5.94 Å². The van der Waals surface area contributed by atoms with E-state index in [-0.39, 0.29) is 0 Å². The van der Waals surface area contributed by atoms with Crippen LogP contribution >= 0.6 is 12.6 Å². The Morgan fingerprint density at radius 3 is 2.90 bits per heavy atom. The zero-order valence-corrected chi connectivity index (χ0v) is 6.77. The summed E-state index contributed by atoms with van der Waals surface area (Å²) in [7, 11) is 0. The molecule has 0 saturated heterocycles. The Balaban J connectivity index is 2.75. The maximum absolute atomic E-state index is 5.15. The molecular weight excluding hydrogens is 144 g/mol. The molecule has 0 bridgehead atoms. The Morgan fingerprint density at radius 2 is 2.30 bits per heavy atom. The summed E-state index contributed by atoms with van der Waals surface area (Å²) >= 11 is 3.94. The van der Waals surface area contributed by atoms with Gasteiger partial charge in [-0.1, -0.05) is 12.1 Å². The Morgan fingerprint density at radius 1 is 1.50 bits per heavy atom. The number of hydrogen-bond acceptors (Lipinski definition) is 2. The van der Waals surface area contributed by atoms with Gasteiger partial charge in [-0.3, -0.25) is 0 Å². The molecule has 0 unspecified atom stereocenters. The quantitative estimate of drug-likeness (QED) is 0.508. The number of ether oxygens (including phenoxy) is 1. The van der Waals surface area contributed by atoms with E-state index in [1.807, 2.05) is 31.2 Å². The average Bonchev–Trinajstić information content (AvgIpc) is 1.88. The normalized spacial score (nSPS) is 9.40. The maximum Gasteiger partial charge on any atom is 0.131 e. The van der Waals surface area contributed by atoms with Crippen LogP contribution in [-0.2, 0) is 0 Å². The van der Waals surface area contributed by atoms with Crippen LogP contribution in [0.3, 0.4) is 0 Å². The Hall–Kier alpha value is -0.630. The van der Waals surface area contributed by atoms with Gasteiger partial charge in [0.2, 0.25) is 0 Å². The van der Waals surface area contributed by atoms with Crippen LogP contribution in [0, 0.1) is 6.92 Å². The van der Waals surface area contributed by atoms with Crippen molar-refractivity contribution in [2.45, 2.75) is 6.92 Å². The molecule has 0 radical (unpaired) electrons. The van der Waals surface area contributed by atoms with Crippen molar-refractivity contribution in [3.8, 4) is 5.75 Å². The first-order valence-electron chi connectivity index (χ1n) is 3.13. The van der Waals surface area contributed by atoms with Crippen LogP contribution in [0.5, 0.6) is 5.75 Å². The Kier molecular flexibility index (Phi) is 2.63. The number of hydrogen-bond donors (Lipinski definition) is 1. The highest BCUT2D eigenvalue weighted by atomic mass is 32.1. The number of benzene rings is 1. The standard InChI is InChI=1S/C8H10OS/c1-7-3-2-4-8(5-7)9-6-10/h2-5,10H,6H2,1H3.